The lowest BCUT2D eigenvalue weighted by Gasteiger charge is -2.31. The van der Waals surface area contributed by atoms with Crippen LogP contribution in [0.4, 0.5) is 10.5 Å². The van der Waals surface area contributed by atoms with Crippen molar-refractivity contribution in [3.8, 4) is 22.1 Å². The molecule has 1 fully saturated rings. The van der Waals surface area contributed by atoms with E-state index in [2.05, 4.69) is 15.5 Å². The third-order valence-electron chi connectivity index (χ3n) is 5.18. The van der Waals surface area contributed by atoms with E-state index in [1.54, 1.807) is 25.6 Å². The summed E-state index contributed by atoms with van der Waals surface area (Å²) in [7, 11) is 3.24. The molecule has 0 saturated carbocycles. The van der Waals surface area contributed by atoms with Gasteiger partial charge in [-0.15, -0.1) is 10.2 Å². The van der Waals surface area contributed by atoms with Gasteiger partial charge < -0.3 is 19.7 Å². The van der Waals surface area contributed by atoms with E-state index in [0.717, 1.165) is 40.7 Å². The van der Waals surface area contributed by atoms with Crippen LogP contribution in [0.5, 0.6) is 11.5 Å². The van der Waals surface area contributed by atoms with Crippen molar-refractivity contribution in [1.82, 2.24) is 15.1 Å². The molecular formula is C22H24N4O3S. The number of nitrogens with one attached hydrogen (secondary N) is 1. The second-order valence-corrected chi connectivity index (χ2v) is 8.10. The van der Waals surface area contributed by atoms with Gasteiger partial charge in [0.15, 0.2) is 0 Å². The Morgan fingerprint density at radius 2 is 1.90 bits per heavy atom. The van der Waals surface area contributed by atoms with Crippen LogP contribution >= 0.6 is 11.3 Å². The maximum atomic E-state index is 12.8. The van der Waals surface area contributed by atoms with E-state index < -0.39 is 0 Å². The number of hydrogen-bond acceptors (Lipinski definition) is 6. The Balaban J connectivity index is 1.43. The summed E-state index contributed by atoms with van der Waals surface area (Å²) in [6.07, 6.45) is 1.93. The fourth-order valence-electron chi connectivity index (χ4n) is 3.56. The molecule has 2 aromatic carbocycles. The number of urea groups is 1. The summed E-state index contributed by atoms with van der Waals surface area (Å²) in [5.74, 6) is 1.65. The number of carbonyl (C=O) groups excluding carboxylic acids is 1. The number of amides is 2. The Morgan fingerprint density at radius 1 is 1.10 bits per heavy atom. The topological polar surface area (TPSA) is 76.6 Å². The van der Waals surface area contributed by atoms with E-state index in [1.807, 2.05) is 53.4 Å². The molecule has 4 rings (SSSR count). The van der Waals surface area contributed by atoms with Gasteiger partial charge in [0, 0.05) is 24.6 Å². The molecule has 1 N–H and O–H groups in total. The zero-order valence-corrected chi connectivity index (χ0v) is 17.8. The Morgan fingerprint density at radius 3 is 2.67 bits per heavy atom. The van der Waals surface area contributed by atoms with Crippen LogP contribution in [-0.4, -0.2) is 48.4 Å². The minimum Gasteiger partial charge on any atom is -0.497 e. The molecule has 0 spiro atoms. The van der Waals surface area contributed by atoms with Crippen LogP contribution in [0.15, 0.2) is 48.5 Å². The maximum Gasteiger partial charge on any atom is 0.321 e. The van der Waals surface area contributed by atoms with Gasteiger partial charge in [0.2, 0.25) is 0 Å². The maximum absolute atomic E-state index is 12.8. The lowest BCUT2D eigenvalue weighted by molar-refractivity contribution is 0.192. The molecule has 2 heterocycles. The fourth-order valence-corrected chi connectivity index (χ4v) is 4.53. The van der Waals surface area contributed by atoms with E-state index in [0.29, 0.717) is 18.0 Å². The molecule has 1 saturated heterocycles. The Labute approximate surface area is 179 Å². The van der Waals surface area contributed by atoms with Crippen molar-refractivity contribution in [2.75, 3.05) is 32.6 Å². The number of benzene rings is 2. The standard InChI is InChI=1S/C22H24N4O3S/c1-28-17-11-9-15(10-12-17)20-24-25-21(30-20)16-6-5-13-26(14-16)22(27)23-18-7-3-4-8-19(18)29-2/h3-4,7-12,16H,5-6,13-14H2,1-2H3,(H,23,27)/t16-/m1/s1. The van der Waals surface area contributed by atoms with Gasteiger partial charge in [0.25, 0.3) is 0 Å². The molecule has 0 radical (unpaired) electrons. The quantitative estimate of drug-likeness (QED) is 0.646. The molecule has 156 valence electrons. The monoisotopic (exact) mass is 424 g/mol. The van der Waals surface area contributed by atoms with Crippen LogP contribution in [0, 0.1) is 0 Å². The number of hydrogen-bond donors (Lipinski definition) is 1. The van der Waals surface area contributed by atoms with Crippen molar-refractivity contribution in [2.45, 2.75) is 18.8 Å². The lowest BCUT2D eigenvalue weighted by atomic mass is 9.99. The summed E-state index contributed by atoms with van der Waals surface area (Å²) >= 11 is 1.59. The number of nitrogens with zero attached hydrogens (tertiary/aromatic N) is 3. The molecule has 2 amide bonds. The normalized spacial score (nSPS) is 16.2. The molecule has 0 aliphatic carbocycles. The van der Waals surface area contributed by atoms with Gasteiger partial charge in [-0.25, -0.2) is 4.79 Å². The van der Waals surface area contributed by atoms with Crippen LogP contribution in [0.25, 0.3) is 10.6 Å². The first-order valence-electron chi connectivity index (χ1n) is 9.84. The largest absolute Gasteiger partial charge is 0.497 e. The first-order valence-corrected chi connectivity index (χ1v) is 10.7. The highest BCUT2D eigenvalue weighted by Gasteiger charge is 2.27. The summed E-state index contributed by atoms with van der Waals surface area (Å²) in [5.41, 5.74) is 1.69. The SMILES string of the molecule is COc1ccc(-c2nnc([C@@H]3CCCN(C(=O)Nc4ccccc4OC)C3)s2)cc1. The van der Waals surface area contributed by atoms with Crippen molar-refractivity contribution >= 4 is 23.1 Å². The third kappa shape index (κ3) is 4.38. The molecule has 30 heavy (non-hydrogen) atoms. The van der Waals surface area contributed by atoms with Gasteiger partial charge in [0.1, 0.15) is 21.5 Å². The number of aromatic nitrogens is 2. The summed E-state index contributed by atoms with van der Waals surface area (Å²) in [6.45, 7) is 1.35. The molecule has 8 heteroatoms. The van der Waals surface area contributed by atoms with Gasteiger partial charge in [-0.3, -0.25) is 0 Å². The summed E-state index contributed by atoms with van der Waals surface area (Å²) in [4.78, 5) is 14.7. The number of ether oxygens (including phenoxy) is 2. The number of methoxy groups -OCH3 is 2. The highest BCUT2D eigenvalue weighted by atomic mass is 32.1. The number of anilines is 1. The van der Waals surface area contributed by atoms with Gasteiger partial charge in [-0.05, 0) is 49.2 Å². The molecule has 1 aromatic heterocycles. The van der Waals surface area contributed by atoms with E-state index in [4.69, 9.17) is 9.47 Å². The molecule has 0 bridgehead atoms. The average Bonchev–Trinajstić information content (AvgIpc) is 3.30. The zero-order chi connectivity index (χ0) is 20.9. The summed E-state index contributed by atoms with van der Waals surface area (Å²) in [5, 5.41) is 13.6. The number of piperidine rings is 1. The van der Waals surface area contributed by atoms with Crippen LogP contribution in [-0.2, 0) is 0 Å². The molecule has 7 nitrogen and oxygen atoms in total. The highest BCUT2D eigenvalue weighted by Crippen LogP contribution is 2.33. The number of para-hydroxylation sites is 2. The van der Waals surface area contributed by atoms with Crippen LogP contribution in [0.1, 0.15) is 23.8 Å². The predicted octanol–water partition coefficient (Wildman–Crippen LogP) is 4.63. The molecule has 1 atom stereocenters. The first kappa shape index (κ1) is 20.2. The Kier molecular flexibility index (Phi) is 6.13. The first-order chi connectivity index (χ1) is 14.7. The summed E-state index contributed by atoms with van der Waals surface area (Å²) in [6, 6.07) is 15.1. The number of carbonyl (C=O) groups is 1. The lowest BCUT2D eigenvalue weighted by Crippen LogP contribution is -2.41. The van der Waals surface area contributed by atoms with Crippen molar-refractivity contribution < 1.29 is 14.3 Å². The average molecular weight is 425 g/mol. The van der Waals surface area contributed by atoms with Gasteiger partial charge in [-0.1, -0.05) is 23.5 Å². The zero-order valence-electron chi connectivity index (χ0n) is 17.0. The van der Waals surface area contributed by atoms with Crippen molar-refractivity contribution in [3.63, 3.8) is 0 Å². The summed E-state index contributed by atoms with van der Waals surface area (Å²) < 4.78 is 10.5. The third-order valence-corrected chi connectivity index (χ3v) is 6.32. The van der Waals surface area contributed by atoms with Crippen LogP contribution in [0.3, 0.4) is 0 Å². The van der Waals surface area contributed by atoms with Gasteiger partial charge in [0.05, 0.1) is 19.9 Å². The second-order valence-electron chi connectivity index (χ2n) is 7.09. The molecule has 0 unspecified atom stereocenters. The van der Waals surface area contributed by atoms with Crippen molar-refractivity contribution in [1.29, 1.82) is 0 Å². The van der Waals surface area contributed by atoms with Gasteiger partial charge >= 0.3 is 6.03 Å². The highest BCUT2D eigenvalue weighted by molar-refractivity contribution is 7.14. The van der Waals surface area contributed by atoms with Crippen molar-refractivity contribution in [3.05, 3.63) is 53.5 Å². The van der Waals surface area contributed by atoms with E-state index in [1.165, 1.54) is 0 Å². The number of likely N-dealkylation sites (tertiary alicyclic amines) is 1. The smallest absolute Gasteiger partial charge is 0.321 e. The molecule has 1 aliphatic heterocycles. The minimum atomic E-state index is -0.121. The van der Waals surface area contributed by atoms with E-state index >= 15 is 0 Å². The van der Waals surface area contributed by atoms with E-state index in [-0.39, 0.29) is 11.9 Å². The molecule has 3 aromatic rings. The number of rotatable bonds is 5. The Hall–Kier alpha value is -3.13. The Bertz CT molecular complexity index is 1010. The van der Waals surface area contributed by atoms with Crippen LogP contribution in [0.2, 0.25) is 0 Å². The van der Waals surface area contributed by atoms with Crippen molar-refractivity contribution in [2.24, 2.45) is 0 Å². The van der Waals surface area contributed by atoms with Crippen LogP contribution < -0.4 is 14.8 Å². The van der Waals surface area contributed by atoms with Gasteiger partial charge in [-0.2, -0.15) is 0 Å². The fraction of sp³-hybridized carbons (Fsp3) is 0.318. The van der Waals surface area contributed by atoms with E-state index in [9.17, 15) is 4.79 Å². The molecular weight excluding hydrogens is 400 g/mol. The minimum absolute atomic E-state index is 0.121. The predicted molar refractivity (Wildman–Crippen MR) is 117 cm³/mol. The second kappa shape index (κ2) is 9.13. The molecule has 1 aliphatic rings.